The maximum Gasteiger partial charge on any atom is 0.353 e. The lowest BCUT2D eigenvalue weighted by molar-refractivity contribution is -0.0328. The summed E-state index contributed by atoms with van der Waals surface area (Å²) >= 11 is 12.0. The van der Waals surface area contributed by atoms with E-state index in [0.717, 1.165) is 0 Å². The van der Waals surface area contributed by atoms with E-state index in [-0.39, 0.29) is 21.7 Å². The van der Waals surface area contributed by atoms with Crippen molar-refractivity contribution in [2.45, 2.75) is 6.05 Å². The SMILES string of the molecule is Cn1cc(C(=O)NC(F)(F)c2ccccc2-c2ccc(Cl)cc2Cl)cn1. The molecule has 0 unspecified atom stereocenters. The number of hydrogen-bond acceptors (Lipinski definition) is 2. The van der Waals surface area contributed by atoms with Crippen LogP contribution in [0.1, 0.15) is 15.9 Å². The number of alkyl halides is 2. The van der Waals surface area contributed by atoms with Crippen LogP contribution in [0.3, 0.4) is 0 Å². The first-order valence-electron chi connectivity index (χ1n) is 7.52. The lowest BCUT2D eigenvalue weighted by Crippen LogP contribution is -2.39. The van der Waals surface area contributed by atoms with Gasteiger partial charge in [0.15, 0.2) is 0 Å². The Bertz CT molecular complexity index is 973. The van der Waals surface area contributed by atoms with E-state index in [1.54, 1.807) is 30.6 Å². The predicted molar refractivity (Wildman–Crippen MR) is 96.5 cm³/mol. The number of aromatic nitrogens is 2. The van der Waals surface area contributed by atoms with Crippen molar-refractivity contribution in [3.63, 3.8) is 0 Å². The molecule has 4 nitrogen and oxygen atoms in total. The second-order valence-electron chi connectivity index (χ2n) is 5.60. The molecule has 3 rings (SSSR count). The molecule has 0 fully saturated rings. The van der Waals surface area contributed by atoms with E-state index in [2.05, 4.69) is 5.10 Å². The number of nitrogens with zero attached hydrogens (tertiary/aromatic N) is 2. The van der Waals surface area contributed by atoms with Crippen LogP contribution < -0.4 is 5.32 Å². The van der Waals surface area contributed by atoms with Crippen LogP contribution in [0, 0.1) is 0 Å². The molecule has 0 bridgehead atoms. The van der Waals surface area contributed by atoms with Gasteiger partial charge in [-0.15, -0.1) is 0 Å². The highest BCUT2D eigenvalue weighted by atomic mass is 35.5. The first-order valence-corrected chi connectivity index (χ1v) is 8.27. The highest BCUT2D eigenvalue weighted by molar-refractivity contribution is 6.36. The van der Waals surface area contributed by atoms with Gasteiger partial charge in [-0.25, -0.2) is 0 Å². The Hall–Kier alpha value is -2.44. The van der Waals surface area contributed by atoms with Crippen molar-refractivity contribution in [1.82, 2.24) is 15.1 Å². The van der Waals surface area contributed by atoms with Crippen molar-refractivity contribution in [1.29, 1.82) is 0 Å². The Morgan fingerprint density at radius 2 is 1.88 bits per heavy atom. The number of amides is 1. The molecule has 1 N–H and O–H groups in total. The summed E-state index contributed by atoms with van der Waals surface area (Å²) < 4.78 is 31.0. The number of halogens is 4. The lowest BCUT2D eigenvalue weighted by Gasteiger charge is -2.21. The second-order valence-corrected chi connectivity index (χ2v) is 6.44. The number of rotatable bonds is 4. The van der Waals surface area contributed by atoms with Crippen molar-refractivity contribution >= 4 is 29.1 Å². The summed E-state index contributed by atoms with van der Waals surface area (Å²) in [6.07, 6.45) is 2.57. The van der Waals surface area contributed by atoms with E-state index in [1.165, 1.54) is 41.3 Å². The van der Waals surface area contributed by atoms with E-state index >= 15 is 0 Å². The number of benzene rings is 2. The molecule has 1 aromatic heterocycles. The van der Waals surface area contributed by atoms with Crippen molar-refractivity contribution in [2.24, 2.45) is 7.05 Å². The molecular formula is C18H13Cl2F2N3O. The Kier molecular flexibility index (Phi) is 4.98. The molecule has 0 saturated heterocycles. The third-order valence-corrected chi connectivity index (χ3v) is 4.27. The first-order chi connectivity index (χ1) is 12.3. The molecule has 1 amide bonds. The van der Waals surface area contributed by atoms with Gasteiger partial charge in [0.2, 0.25) is 0 Å². The molecule has 26 heavy (non-hydrogen) atoms. The van der Waals surface area contributed by atoms with Gasteiger partial charge in [-0.2, -0.15) is 13.9 Å². The Balaban J connectivity index is 1.99. The molecule has 0 atom stereocenters. The van der Waals surface area contributed by atoms with Gasteiger partial charge in [0, 0.05) is 28.9 Å². The zero-order valence-electron chi connectivity index (χ0n) is 13.5. The van der Waals surface area contributed by atoms with Gasteiger partial charge in [0.1, 0.15) is 0 Å². The summed E-state index contributed by atoms with van der Waals surface area (Å²) in [6.45, 7) is 0. The van der Waals surface area contributed by atoms with Crippen LogP contribution in [-0.2, 0) is 13.1 Å². The molecule has 0 saturated carbocycles. The molecule has 3 aromatic rings. The van der Waals surface area contributed by atoms with Crippen molar-refractivity contribution in [3.8, 4) is 11.1 Å². The van der Waals surface area contributed by atoms with Crippen LogP contribution in [0.4, 0.5) is 8.78 Å². The van der Waals surface area contributed by atoms with Crippen LogP contribution in [0.25, 0.3) is 11.1 Å². The highest BCUT2D eigenvalue weighted by Gasteiger charge is 2.36. The van der Waals surface area contributed by atoms with Crippen LogP contribution >= 0.6 is 23.2 Å². The minimum atomic E-state index is -3.62. The fourth-order valence-corrected chi connectivity index (χ4v) is 3.03. The Morgan fingerprint density at radius 3 is 2.54 bits per heavy atom. The van der Waals surface area contributed by atoms with Gasteiger partial charge in [-0.1, -0.05) is 53.5 Å². The molecule has 8 heteroatoms. The molecule has 134 valence electrons. The molecule has 1 heterocycles. The third-order valence-electron chi connectivity index (χ3n) is 3.72. The first kappa shape index (κ1) is 18.4. The zero-order chi connectivity index (χ0) is 18.9. The molecule has 0 spiro atoms. The largest absolute Gasteiger partial charge is 0.353 e. The van der Waals surface area contributed by atoms with Gasteiger partial charge in [-0.3, -0.25) is 14.8 Å². The third kappa shape index (κ3) is 3.71. The molecule has 0 aliphatic carbocycles. The van der Waals surface area contributed by atoms with Crippen LogP contribution in [0.15, 0.2) is 54.9 Å². The zero-order valence-corrected chi connectivity index (χ0v) is 15.0. The summed E-state index contributed by atoms with van der Waals surface area (Å²) in [4.78, 5) is 12.1. The minimum absolute atomic E-state index is 0.0363. The van der Waals surface area contributed by atoms with Crippen molar-refractivity contribution in [2.75, 3.05) is 0 Å². The molecule has 2 aromatic carbocycles. The summed E-state index contributed by atoms with van der Waals surface area (Å²) in [7, 11) is 1.59. The van der Waals surface area contributed by atoms with Gasteiger partial charge < -0.3 is 0 Å². The highest BCUT2D eigenvalue weighted by Crippen LogP contribution is 2.38. The van der Waals surface area contributed by atoms with Crippen LogP contribution in [0.2, 0.25) is 10.0 Å². The van der Waals surface area contributed by atoms with Gasteiger partial charge >= 0.3 is 6.05 Å². The van der Waals surface area contributed by atoms with E-state index < -0.39 is 12.0 Å². The van der Waals surface area contributed by atoms with Gasteiger partial charge in [-0.05, 0) is 17.7 Å². The molecule has 0 aliphatic heterocycles. The topological polar surface area (TPSA) is 46.9 Å². The smallest absolute Gasteiger partial charge is 0.289 e. The van der Waals surface area contributed by atoms with Crippen LogP contribution in [0.5, 0.6) is 0 Å². The summed E-state index contributed by atoms with van der Waals surface area (Å²) in [5, 5.41) is 6.19. The monoisotopic (exact) mass is 395 g/mol. The minimum Gasteiger partial charge on any atom is -0.289 e. The maximum absolute atomic E-state index is 14.8. The van der Waals surface area contributed by atoms with E-state index in [4.69, 9.17) is 23.2 Å². The molecular weight excluding hydrogens is 383 g/mol. The number of aryl methyl sites for hydroxylation is 1. The van der Waals surface area contributed by atoms with Gasteiger partial charge in [0.05, 0.1) is 17.3 Å². The van der Waals surface area contributed by atoms with E-state index in [0.29, 0.717) is 10.6 Å². The number of hydrogen-bond donors (Lipinski definition) is 1. The fourth-order valence-electron chi connectivity index (χ4n) is 2.52. The Labute approximate surface area is 158 Å². The quantitative estimate of drug-likeness (QED) is 0.640. The number of carbonyl (C=O) groups excluding carboxylic acids is 1. The van der Waals surface area contributed by atoms with E-state index in [9.17, 15) is 13.6 Å². The number of nitrogens with one attached hydrogen (secondary N) is 1. The second kappa shape index (κ2) is 7.05. The summed E-state index contributed by atoms with van der Waals surface area (Å²) in [6, 6.07) is 6.80. The number of carbonyl (C=O) groups is 1. The average Bonchev–Trinajstić information content (AvgIpc) is 3.01. The van der Waals surface area contributed by atoms with Crippen LogP contribution in [-0.4, -0.2) is 15.7 Å². The standard InChI is InChI=1S/C18H13Cl2F2N3O/c1-25-10-11(9-23-25)17(26)24-18(21,22)15-5-3-2-4-13(15)14-7-6-12(19)8-16(14)20/h2-10H,1H3,(H,24,26). The van der Waals surface area contributed by atoms with Crippen molar-refractivity contribution < 1.29 is 13.6 Å². The summed E-state index contributed by atoms with van der Waals surface area (Å²) in [5.41, 5.74) is 0.253. The summed E-state index contributed by atoms with van der Waals surface area (Å²) in [5.74, 6) is -0.930. The van der Waals surface area contributed by atoms with Gasteiger partial charge in [0.25, 0.3) is 5.91 Å². The molecule has 0 radical (unpaired) electrons. The van der Waals surface area contributed by atoms with Crippen molar-refractivity contribution in [3.05, 3.63) is 76.0 Å². The maximum atomic E-state index is 14.8. The normalized spacial score (nSPS) is 11.4. The molecule has 0 aliphatic rings. The van der Waals surface area contributed by atoms with E-state index in [1.807, 2.05) is 0 Å². The fraction of sp³-hybridized carbons (Fsp3) is 0.111. The predicted octanol–water partition coefficient (Wildman–Crippen LogP) is 4.87. The average molecular weight is 396 g/mol. The Morgan fingerprint density at radius 1 is 1.15 bits per heavy atom. The lowest BCUT2D eigenvalue weighted by atomic mass is 9.98.